The van der Waals surface area contributed by atoms with Gasteiger partial charge in [0.15, 0.2) is 0 Å². The van der Waals surface area contributed by atoms with Gasteiger partial charge in [0.1, 0.15) is 5.82 Å². The molecule has 0 unspecified atom stereocenters. The summed E-state index contributed by atoms with van der Waals surface area (Å²) in [5.41, 5.74) is -0.788. The van der Waals surface area contributed by atoms with E-state index in [-0.39, 0.29) is 23.5 Å². The highest BCUT2D eigenvalue weighted by molar-refractivity contribution is 7.89. The summed E-state index contributed by atoms with van der Waals surface area (Å²) in [6.07, 6.45) is -0.272. The number of carbonyl (C=O) groups excluding carboxylic acids is 1. The zero-order chi connectivity index (χ0) is 19.3. The lowest BCUT2D eigenvalue weighted by Crippen LogP contribution is -2.27. The quantitative estimate of drug-likeness (QED) is 0.559. The molecule has 26 heavy (non-hydrogen) atoms. The summed E-state index contributed by atoms with van der Waals surface area (Å²) < 4.78 is 52.1. The maximum absolute atomic E-state index is 13.2. The van der Waals surface area contributed by atoms with Crippen molar-refractivity contribution in [2.24, 2.45) is 0 Å². The lowest BCUT2D eigenvalue weighted by Gasteiger charge is -2.08. The van der Waals surface area contributed by atoms with E-state index in [9.17, 15) is 32.1 Å². The number of nitro benzene ring substituents is 1. The van der Waals surface area contributed by atoms with Crippen LogP contribution in [-0.2, 0) is 14.8 Å². The molecule has 0 radical (unpaired) electrons. The third-order valence-corrected chi connectivity index (χ3v) is 4.67. The minimum Gasteiger partial charge on any atom is -0.326 e. The lowest BCUT2D eigenvalue weighted by molar-refractivity contribution is -0.387. The van der Waals surface area contributed by atoms with Crippen molar-refractivity contribution in [2.75, 3.05) is 11.9 Å². The number of sulfonamides is 1. The first kappa shape index (κ1) is 19.4. The summed E-state index contributed by atoms with van der Waals surface area (Å²) in [5.74, 6) is -2.26. The Morgan fingerprint density at radius 3 is 2.38 bits per heavy atom. The van der Waals surface area contributed by atoms with Crippen LogP contribution < -0.4 is 10.0 Å². The molecule has 138 valence electrons. The Morgan fingerprint density at radius 1 is 1.12 bits per heavy atom. The summed E-state index contributed by atoms with van der Waals surface area (Å²) >= 11 is 0. The van der Waals surface area contributed by atoms with Crippen molar-refractivity contribution in [1.82, 2.24) is 4.72 Å². The number of benzene rings is 2. The summed E-state index contributed by atoms with van der Waals surface area (Å²) in [7, 11) is -3.90. The van der Waals surface area contributed by atoms with Crippen LogP contribution in [0.3, 0.4) is 0 Å². The molecule has 2 rings (SSSR count). The number of carbonyl (C=O) groups is 1. The highest BCUT2D eigenvalue weighted by atomic mass is 32.2. The largest absolute Gasteiger partial charge is 0.326 e. The normalized spacial score (nSPS) is 11.2. The number of rotatable bonds is 7. The van der Waals surface area contributed by atoms with Crippen LogP contribution in [0.5, 0.6) is 0 Å². The average Bonchev–Trinajstić information content (AvgIpc) is 2.56. The minimum absolute atomic E-state index is 0.00416. The first-order valence-electron chi connectivity index (χ1n) is 7.18. The molecule has 0 atom stereocenters. The van der Waals surface area contributed by atoms with Gasteiger partial charge >= 0.3 is 5.69 Å². The number of nitrogens with one attached hydrogen (secondary N) is 2. The van der Waals surface area contributed by atoms with E-state index < -0.39 is 38.2 Å². The van der Waals surface area contributed by atoms with Crippen molar-refractivity contribution in [3.8, 4) is 0 Å². The molecule has 2 aromatic carbocycles. The Morgan fingerprint density at radius 2 is 1.77 bits per heavy atom. The number of hydrogen-bond donors (Lipinski definition) is 2. The second-order valence-corrected chi connectivity index (χ2v) is 6.84. The second-order valence-electron chi connectivity index (χ2n) is 5.07. The molecule has 0 aliphatic rings. The third kappa shape index (κ3) is 5.04. The predicted molar refractivity (Wildman–Crippen MR) is 87.9 cm³/mol. The fourth-order valence-corrected chi connectivity index (χ4v) is 2.98. The Hall–Kier alpha value is -2.92. The summed E-state index contributed by atoms with van der Waals surface area (Å²) in [6.45, 7) is -0.255. The Balaban J connectivity index is 1.92. The summed E-state index contributed by atoms with van der Waals surface area (Å²) in [6, 6.07) is 6.97. The molecule has 0 saturated carbocycles. The molecule has 0 fully saturated rings. The van der Waals surface area contributed by atoms with E-state index in [2.05, 4.69) is 10.0 Å². The van der Waals surface area contributed by atoms with Crippen LogP contribution in [0.4, 0.5) is 20.2 Å². The Bertz CT molecular complexity index is 933. The molecule has 0 saturated heterocycles. The molecule has 2 aromatic rings. The van der Waals surface area contributed by atoms with Crippen LogP contribution in [0.2, 0.25) is 0 Å². The molecule has 0 spiro atoms. The molecule has 0 aromatic heterocycles. The zero-order valence-electron chi connectivity index (χ0n) is 13.1. The maximum Gasteiger partial charge on any atom is 0.306 e. The fraction of sp³-hybridized carbons (Fsp3) is 0.133. The topological polar surface area (TPSA) is 118 Å². The zero-order valence-corrected chi connectivity index (χ0v) is 13.9. The Kier molecular flexibility index (Phi) is 5.95. The smallest absolute Gasteiger partial charge is 0.306 e. The van der Waals surface area contributed by atoms with Crippen LogP contribution in [0.1, 0.15) is 6.42 Å². The van der Waals surface area contributed by atoms with E-state index in [0.717, 1.165) is 42.5 Å². The molecule has 8 nitrogen and oxygen atoms in total. The van der Waals surface area contributed by atoms with Crippen LogP contribution in [0, 0.1) is 21.7 Å². The molecular formula is C15H13F2N3O5S. The first-order chi connectivity index (χ1) is 12.2. The number of amides is 1. The maximum atomic E-state index is 13.2. The summed E-state index contributed by atoms with van der Waals surface area (Å²) in [4.78, 5) is 21.3. The number of nitrogens with zero attached hydrogens (tertiary/aromatic N) is 1. The highest BCUT2D eigenvalue weighted by Crippen LogP contribution is 2.21. The number of anilines is 1. The van der Waals surface area contributed by atoms with Gasteiger partial charge in [-0.05, 0) is 36.4 Å². The van der Waals surface area contributed by atoms with E-state index in [1.54, 1.807) is 0 Å². The van der Waals surface area contributed by atoms with Crippen LogP contribution in [0.25, 0.3) is 0 Å². The number of hydrogen-bond acceptors (Lipinski definition) is 5. The van der Waals surface area contributed by atoms with Crippen molar-refractivity contribution in [3.63, 3.8) is 0 Å². The molecular weight excluding hydrogens is 372 g/mol. The van der Waals surface area contributed by atoms with E-state index in [0.29, 0.717) is 0 Å². The van der Waals surface area contributed by atoms with Gasteiger partial charge < -0.3 is 5.32 Å². The van der Waals surface area contributed by atoms with Gasteiger partial charge in [0, 0.05) is 24.7 Å². The van der Waals surface area contributed by atoms with E-state index >= 15 is 0 Å². The average molecular weight is 385 g/mol. The van der Waals surface area contributed by atoms with E-state index in [1.807, 2.05) is 0 Å². The van der Waals surface area contributed by atoms with Gasteiger partial charge in [0.25, 0.3) is 0 Å². The van der Waals surface area contributed by atoms with Gasteiger partial charge in [-0.3, -0.25) is 14.9 Å². The fourth-order valence-electron chi connectivity index (χ4n) is 1.95. The van der Waals surface area contributed by atoms with Crippen molar-refractivity contribution < 1.29 is 26.9 Å². The molecule has 0 aliphatic carbocycles. The number of nitro groups is 1. The van der Waals surface area contributed by atoms with Crippen molar-refractivity contribution in [1.29, 1.82) is 0 Å². The van der Waals surface area contributed by atoms with Gasteiger partial charge in [0.2, 0.25) is 21.7 Å². The van der Waals surface area contributed by atoms with Crippen molar-refractivity contribution in [3.05, 3.63) is 64.2 Å². The second kappa shape index (κ2) is 7.97. The van der Waals surface area contributed by atoms with Gasteiger partial charge in [0.05, 0.1) is 9.82 Å². The molecule has 2 N–H and O–H groups in total. The highest BCUT2D eigenvalue weighted by Gasteiger charge is 2.16. The van der Waals surface area contributed by atoms with Crippen LogP contribution in [-0.4, -0.2) is 25.8 Å². The molecule has 0 heterocycles. The molecule has 0 bridgehead atoms. The van der Waals surface area contributed by atoms with Crippen molar-refractivity contribution in [2.45, 2.75) is 11.3 Å². The third-order valence-electron chi connectivity index (χ3n) is 3.19. The molecule has 11 heteroatoms. The summed E-state index contributed by atoms with van der Waals surface area (Å²) in [5, 5.41) is 13.0. The minimum atomic E-state index is -3.90. The van der Waals surface area contributed by atoms with Crippen LogP contribution in [0.15, 0.2) is 47.4 Å². The first-order valence-corrected chi connectivity index (χ1v) is 8.66. The standard InChI is InChI=1S/C15H13F2N3O5S/c16-10-1-4-12(5-2-10)26(24,25)18-8-7-15(21)19-11-3-6-13(17)14(9-11)20(22)23/h1-6,9,18H,7-8H2,(H,19,21). The molecule has 1 amide bonds. The lowest BCUT2D eigenvalue weighted by atomic mass is 10.2. The van der Waals surface area contributed by atoms with Gasteiger partial charge in [-0.2, -0.15) is 4.39 Å². The Labute approximate surface area is 147 Å². The van der Waals surface area contributed by atoms with Gasteiger partial charge in [-0.1, -0.05) is 0 Å². The monoisotopic (exact) mass is 385 g/mol. The van der Waals surface area contributed by atoms with E-state index in [4.69, 9.17) is 0 Å². The van der Waals surface area contributed by atoms with Crippen LogP contribution >= 0.6 is 0 Å². The van der Waals surface area contributed by atoms with Gasteiger partial charge in [-0.25, -0.2) is 17.5 Å². The predicted octanol–water partition coefficient (Wildman–Crippen LogP) is 2.18. The molecule has 0 aliphatic heterocycles. The SMILES string of the molecule is O=C(CCNS(=O)(=O)c1ccc(F)cc1)Nc1ccc(F)c([N+](=O)[O-])c1. The number of halogens is 2. The van der Waals surface area contributed by atoms with E-state index in [1.165, 1.54) is 0 Å². The van der Waals surface area contributed by atoms with Crippen molar-refractivity contribution >= 4 is 27.3 Å². The van der Waals surface area contributed by atoms with Gasteiger partial charge in [-0.15, -0.1) is 0 Å².